The van der Waals surface area contributed by atoms with E-state index in [0.29, 0.717) is 23.9 Å². The van der Waals surface area contributed by atoms with Gasteiger partial charge < -0.3 is 24.9 Å². The van der Waals surface area contributed by atoms with Gasteiger partial charge in [-0.3, -0.25) is 0 Å². The van der Waals surface area contributed by atoms with E-state index in [1.807, 2.05) is 4.90 Å². The molecule has 1 fully saturated rings. The number of piperidine rings is 1. The predicted octanol–water partition coefficient (Wildman–Crippen LogP) is 1.28. The number of ether oxygens (including phenoxy) is 1. The second-order valence-electron chi connectivity index (χ2n) is 4.88. The van der Waals surface area contributed by atoms with E-state index in [1.54, 1.807) is 11.6 Å². The maximum atomic E-state index is 11.3. The van der Waals surface area contributed by atoms with Crippen molar-refractivity contribution in [2.24, 2.45) is 0 Å². The van der Waals surface area contributed by atoms with E-state index in [2.05, 4.69) is 4.98 Å². The van der Waals surface area contributed by atoms with Gasteiger partial charge in [-0.2, -0.15) is 9.38 Å². The van der Waals surface area contributed by atoms with Crippen molar-refractivity contribution in [3.05, 3.63) is 21.7 Å². The summed E-state index contributed by atoms with van der Waals surface area (Å²) >= 11 is 1.37. The van der Waals surface area contributed by atoms with E-state index in [-0.39, 0.29) is 23.5 Å². The Hall–Kier alpha value is -1.71. The summed E-state index contributed by atoms with van der Waals surface area (Å²) in [6, 6.07) is 0. The first-order chi connectivity index (χ1) is 10.2. The molecule has 3 rings (SSSR count). The third kappa shape index (κ3) is 2.71. The van der Waals surface area contributed by atoms with Crippen molar-refractivity contribution in [2.45, 2.75) is 18.9 Å². The minimum Gasteiger partial charge on any atom is -0.394 e. The number of rotatable bonds is 5. The number of hydrogen-bond donors (Lipinski definition) is 1. The van der Waals surface area contributed by atoms with Gasteiger partial charge in [0, 0.05) is 18.5 Å². The van der Waals surface area contributed by atoms with Crippen molar-refractivity contribution >= 4 is 27.9 Å². The summed E-state index contributed by atoms with van der Waals surface area (Å²) in [4.78, 5) is 17.9. The van der Waals surface area contributed by atoms with Crippen LogP contribution in [-0.2, 0) is 4.74 Å². The minimum absolute atomic E-state index is 0.00839. The summed E-state index contributed by atoms with van der Waals surface area (Å²) in [5.41, 5.74) is 0. The van der Waals surface area contributed by atoms with Gasteiger partial charge >= 0.3 is 5.82 Å². The Morgan fingerprint density at radius 3 is 3.24 bits per heavy atom. The van der Waals surface area contributed by atoms with Crippen molar-refractivity contribution in [2.75, 3.05) is 31.2 Å². The van der Waals surface area contributed by atoms with Crippen LogP contribution in [0, 0.1) is 10.1 Å². The molecule has 8 nitrogen and oxygen atoms in total. The highest BCUT2D eigenvalue weighted by Crippen LogP contribution is 2.32. The van der Waals surface area contributed by atoms with Crippen LogP contribution in [0.2, 0.25) is 0 Å². The highest BCUT2D eigenvalue weighted by Gasteiger charge is 2.31. The summed E-state index contributed by atoms with van der Waals surface area (Å²) in [6.07, 6.45) is 3.42. The first kappa shape index (κ1) is 14.2. The number of aromatic nitrogens is 2. The van der Waals surface area contributed by atoms with E-state index in [1.165, 1.54) is 15.7 Å². The molecular formula is C12H16N4O4S. The highest BCUT2D eigenvalue weighted by molar-refractivity contribution is 7.15. The third-order valence-corrected chi connectivity index (χ3v) is 4.27. The van der Waals surface area contributed by atoms with Crippen LogP contribution in [0.4, 0.5) is 11.6 Å². The molecule has 0 aromatic carbocycles. The molecule has 2 aromatic heterocycles. The number of hydrogen-bond acceptors (Lipinski definition) is 7. The second-order valence-corrected chi connectivity index (χ2v) is 5.75. The van der Waals surface area contributed by atoms with Gasteiger partial charge in [-0.05, 0) is 17.8 Å². The normalized spacial score (nSPS) is 19.3. The summed E-state index contributed by atoms with van der Waals surface area (Å²) in [6.45, 7) is 1.56. The van der Waals surface area contributed by atoms with Gasteiger partial charge in [0.25, 0.3) is 4.96 Å². The Morgan fingerprint density at radius 1 is 1.62 bits per heavy atom. The van der Waals surface area contributed by atoms with Gasteiger partial charge in [0.05, 0.1) is 19.3 Å². The number of anilines is 1. The lowest BCUT2D eigenvalue weighted by molar-refractivity contribution is -0.389. The predicted molar refractivity (Wildman–Crippen MR) is 78.0 cm³/mol. The molecule has 0 aliphatic carbocycles. The largest absolute Gasteiger partial charge is 0.394 e. The van der Waals surface area contributed by atoms with Crippen molar-refractivity contribution in [1.82, 2.24) is 9.38 Å². The third-order valence-electron chi connectivity index (χ3n) is 3.51. The lowest BCUT2D eigenvalue weighted by Gasteiger charge is -2.32. The average Bonchev–Trinajstić information content (AvgIpc) is 3.05. The SMILES string of the molecule is O=[N+]([O-])c1c(N2CCCC(OCCO)C2)nc2sccn12. The number of aliphatic hydroxyl groups excluding tert-OH is 1. The minimum atomic E-state index is -0.389. The smallest absolute Gasteiger partial charge is 0.373 e. The molecule has 114 valence electrons. The molecule has 0 radical (unpaired) electrons. The fourth-order valence-corrected chi connectivity index (χ4v) is 3.33. The first-order valence-corrected chi connectivity index (χ1v) is 7.66. The van der Waals surface area contributed by atoms with E-state index >= 15 is 0 Å². The molecule has 1 aliphatic heterocycles. The maximum Gasteiger partial charge on any atom is 0.373 e. The van der Waals surface area contributed by atoms with E-state index in [0.717, 1.165) is 19.4 Å². The molecule has 0 amide bonds. The number of nitrogens with zero attached hydrogens (tertiary/aromatic N) is 4. The van der Waals surface area contributed by atoms with Crippen LogP contribution in [-0.4, -0.2) is 51.8 Å². The average molecular weight is 312 g/mol. The van der Waals surface area contributed by atoms with Crippen LogP contribution in [0.5, 0.6) is 0 Å². The topological polar surface area (TPSA) is 93.1 Å². The maximum absolute atomic E-state index is 11.3. The Balaban J connectivity index is 1.87. The van der Waals surface area contributed by atoms with Crippen LogP contribution >= 0.6 is 11.3 Å². The molecule has 1 N–H and O–H groups in total. The monoisotopic (exact) mass is 312 g/mol. The molecule has 9 heteroatoms. The zero-order valence-electron chi connectivity index (χ0n) is 11.3. The summed E-state index contributed by atoms with van der Waals surface area (Å²) in [5, 5.41) is 22.0. The Kier molecular flexibility index (Phi) is 4.04. The Morgan fingerprint density at radius 2 is 2.48 bits per heavy atom. The van der Waals surface area contributed by atoms with Gasteiger partial charge in [0.15, 0.2) is 0 Å². The molecule has 1 saturated heterocycles. The van der Waals surface area contributed by atoms with Gasteiger partial charge in [-0.15, -0.1) is 0 Å². The molecule has 1 atom stereocenters. The van der Waals surface area contributed by atoms with Crippen LogP contribution < -0.4 is 4.90 Å². The quantitative estimate of drug-likeness (QED) is 0.660. The summed E-state index contributed by atoms with van der Waals surface area (Å²) in [7, 11) is 0. The lowest BCUT2D eigenvalue weighted by Crippen LogP contribution is -2.40. The number of nitro groups is 1. The molecule has 1 aliphatic rings. The second kappa shape index (κ2) is 5.96. The molecule has 0 bridgehead atoms. The Bertz CT molecular complexity index is 640. The lowest BCUT2D eigenvalue weighted by atomic mass is 10.1. The fraction of sp³-hybridized carbons (Fsp3) is 0.583. The van der Waals surface area contributed by atoms with Crippen molar-refractivity contribution in [3.8, 4) is 0 Å². The van der Waals surface area contributed by atoms with E-state index < -0.39 is 0 Å². The van der Waals surface area contributed by atoms with Crippen LogP contribution in [0.1, 0.15) is 12.8 Å². The highest BCUT2D eigenvalue weighted by atomic mass is 32.1. The number of aliphatic hydroxyl groups is 1. The Labute approximate surface area is 124 Å². The van der Waals surface area contributed by atoms with Crippen LogP contribution in [0.3, 0.4) is 0 Å². The molecule has 21 heavy (non-hydrogen) atoms. The molecular weight excluding hydrogens is 296 g/mol. The number of imidazole rings is 1. The number of thiazole rings is 1. The van der Waals surface area contributed by atoms with E-state index in [4.69, 9.17) is 9.84 Å². The van der Waals surface area contributed by atoms with Crippen LogP contribution in [0.15, 0.2) is 11.6 Å². The van der Waals surface area contributed by atoms with Gasteiger partial charge in [0.2, 0.25) is 5.82 Å². The molecule has 0 saturated carbocycles. The standard InChI is InChI=1S/C12H16N4O4S/c17-5-6-20-9-2-1-3-14(8-9)10-11(16(18)19)15-4-7-21-12(15)13-10/h4,7,9,17H,1-3,5-6,8H2. The van der Waals surface area contributed by atoms with E-state index in [9.17, 15) is 10.1 Å². The zero-order valence-corrected chi connectivity index (χ0v) is 12.2. The van der Waals surface area contributed by atoms with Crippen LogP contribution in [0.25, 0.3) is 4.96 Å². The van der Waals surface area contributed by atoms with Gasteiger partial charge in [0.1, 0.15) is 6.20 Å². The summed E-state index contributed by atoms with van der Waals surface area (Å²) < 4.78 is 7.06. The zero-order chi connectivity index (χ0) is 14.8. The number of fused-ring (bicyclic) bond motifs is 1. The molecule has 3 heterocycles. The molecule has 0 spiro atoms. The fourth-order valence-electron chi connectivity index (χ4n) is 2.63. The van der Waals surface area contributed by atoms with Gasteiger partial charge in [-0.25, -0.2) is 0 Å². The molecule has 1 unspecified atom stereocenters. The van der Waals surface area contributed by atoms with Gasteiger partial charge in [-0.1, -0.05) is 11.3 Å². The first-order valence-electron chi connectivity index (χ1n) is 6.78. The van der Waals surface area contributed by atoms with Crippen molar-refractivity contribution in [1.29, 1.82) is 0 Å². The van der Waals surface area contributed by atoms with Crippen molar-refractivity contribution < 1.29 is 14.8 Å². The van der Waals surface area contributed by atoms with Crippen molar-refractivity contribution in [3.63, 3.8) is 0 Å². The molecule has 2 aromatic rings. The summed E-state index contributed by atoms with van der Waals surface area (Å²) in [5.74, 6) is 0.415.